The number of carbonyl (C=O) groups is 1. The number of likely N-dealkylation sites (tertiary alicyclic amines) is 1. The van der Waals surface area contributed by atoms with Crippen molar-refractivity contribution in [3.63, 3.8) is 0 Å². The molecule has 0 spiro atoms. The third-order valence-electron chi connectivity index (χ3n) is 3.93. The van der Waals surface area contributed by atoms with Crippen LogP contribution >= 0.6 is 12.4 Å². The van der Waals surface area contributed by atoms with Gasteiger partial charge in [0.2, 0.25) is 0 Å². The molecule has 4 heteroatoms. The molecule has 106 valence electrons. The van der Waals surface area contributed by atoms with Gasteiger partial charge in [-0.15, -0.1) is 12.4 Å². The van der Waals surface area contributed by atoms with E-state index < -0.39 is 0 Å². The van der Waals surface area contributed by atoms with E-state index in [1.165, 1.54) is 0 Å². The predicted molar refractivity (Wildman–Crippen MR) is 81.6 cm³/mol. The highest BCUT2D eigenvalue weighted by atomic mass is 35.5. The summed E-state index contributed by atoms with van der Waals surface area (Å²) in [4.78, 5) is 14.2. The number of hydrogen-bond donors (Lipinski definition) is 1. The third kappa shape index (κ3) is 3.87. The van der Waals surface area contributed by atoms with Crippen molar-refractivity contribution in [3.05, 3.63) is 29.8 Å². The van der Waals surface area contributed by atoms with E-state index >= 15 is 0 Å². The lowest BCUT2D eigenvalue weighted by Gasteiger charge is -2.34. The molecule has 3 nitrogen and oxygen atoms in total. The normalized spacial score (nSPS) is 16.3. The van der Waals surface area contributed by atoms with Crippen molar-refractivity contribution < 1.29 is 4.79 Å². The number of nitrogens with two attached hydrogens (primary N) is 1. The van der Waals surface area contributed by atoms with Crippen LogP contribution in [0.1, 0.15) is 37.0 Å². The van der Waals surface area contributed by atoms with Gasteiger partial charge in [0.1, 0.15) is 0 Å². The Hall–Kier alpha value is -1.22. The van der Waals surface area contributed by atoms with Gasteiger partial charge in [-0.25, -0.2) is 0 Å². The van der Waals surface area contributed by atoms with Crippen molar-refractivity contribution in [2.24, 2.45) is 11.8 Å². The maximum absolute atomic E-state index is 12.3. The molecule has 1 aliphatic rings. The van der Waals surface area contributed by atoms with E-state index in [2.05, 4.69) is 13.8 Å². The smallest absolute Gasteiger partial charge is 0.253 e. The molecule has 2 N–H and O–H groups in total. The molecular weight excluding hydrogens is 260 g/mol. The summed E-state index contributed by atoms with van der Waals surface area (Å²) in [6, 6.07) is 7.20. The number of nitrogens with zero attached hydrogens (tertiary/aromatic N) is 1. The van der Waals surface area contributed by atoms with Crippen LogP contribution < -0.4 is 5.73 Å². The van der Waals surface area contributed by atoms with Crippen LogP contribution in [0.5, 0.6) is 0 Å². The molecule has 2 rings (SSSR count). The van der Waals surface area contributed by atoms with Crippen molar-refractivity contribution in [3.8, 4) is 0 Å². The number of carbonyl (C=O) groups excluding carboxylic acids is 1. The fourth-order valence-electron chi connectivity index (χ4n) is 2.58. The molecule has 0 bridgehead atoms. The van der Waals surface area contributed by atoms with Gasteiger partial charge in [0, 0.05) is 24.3 Å². The first-order valence-electron chi connectivity index (χ1n) is 6.72. The van der Waals surface area contributed by atoms with Crippen molar-refractivity contribution >= 4 is 24.0 Å². The molecule has 0 saturated carbocycles. The summed E-state index contributed by atoms with van der Waals surface area (Å²) >= 11 is 0. The van der Waals surface area contributed by atoms with Crippen molar-refractivity contribution in [1.29, 1.82) is 0 Å². The lowest BCUT2D eigenvalue weighted by Crippen LogP contribution is -2.39. The highest BCUT2D eigenvalue weighted by Crippen LogP contribution is 2.25. The van der Waals surface area contributed by atoms with E-state index in [0.29, 0.717) is 5.69 Å². The number of anilines is 1. The second kappa shape index (κ2) is 6.80. The Morgan fingerprint density at radius 1 is 1.21 bits per heavy atom. The molecule has 1 aromatic carbocycles. The fourth-order valence-corrected chi connectivity index (χ4v) is 2.58. The van der Waals surface area contributed by atoms with Crippen molar-refractivity contribution in [2.75, 3.05) is 18.8 Å². The molecule has 0 radical (unpaired) electrons. The molecule has 0 aliphatic carbocycles. The first-order chi connectivity index (χ1) is 8.58. The van der Waals surface area contributed by atoms with E-state index in [-0.39, 0.29) is 18.3 Å². The molecule has 0 aromatic heterocycles. The van der Waals surface area contributed by atoms with Gasteiger partial charge in [0.15, 0.2) is 0 Å². The Morgan fingerprint density at radius 2 is 1.74 bits per heavy atom. The van der Waals surface area contributed by atoms with Gasteiger partial charge in [-0.2, -0.15) is 0 Å². The van der Waals surface area contributed by atoms with E-state index in [4.69, 9.17) is 5.73 Å². The lowest BCUT2D eigenvalue weighted by molar-refractivity contribution is 0.0668. The van der Waals surface area contributed by atoms with Crippen LogP contribution in [0.25, 0.3) is 0 Å². The first-order valence-corrected chi connectivity index (χ1v) is 6.72. The van der Waals surface area contributed by atoms with Gasteiger partial charge in [-0.05, 0) is 48.9 Å². The minimum absolute atomic E-state index is 0. The largest absolute Gasteiger partial charge is 0.399 e. The zero-order chi connectivity index (χ0) is 13.1. The van der Waals surface area contributed by atoms with E-state index in [9.17, 15) is 4.79 Å². The highest BCUT2D eigenvalue weighted by molar-refractivity contribution is 5.94. The molecule has 1 aliphatic heterocycles. The van der Waals surface area contributed by atoms with Gasteiger partial charge >= 0.3 is 0 Å². The minimum atomic E-state index is 0. The topological polar surface area (TPSA) is 46.3 Å². The van der Waals surface area contributed by atoms with Crippen LogP contribution in [-0.4, -0.2) is 23.9 Å². The van der Waals surface area contributed by atoms with Gasteiger partial charge in [-0.3, -0.25) is 4.79 Å². The van der Waals surface area contributed by atoms with E-state index in [1.54, 1.807) is 12.1 Å². The van der Waals surface area contributed by atoms with Gasteiger partial charge in [0.25, 0.3) is 5.91 Å². The van der Waals surface area contributed by atoms with E-state index in [1.807, 2.05) is 17.0 Å². The number of hydrogen-bond acceptors (Lipinski definition) is 2. The maximum atomic E-state index is 12.3. The van der Waals surface area contributed by atoms with Gasteiger partial charge in [0.05, 0.1) is 0 Å². The van der Waals surface area contributed by atoms with Gasteiger partial charge in [-0.1, -0.05) is 13.8 Å². The highest BCUT2D eigenvalue weighted by Gasteiger charge is 2.24. The second-order valence-corrected chi connectivity index (χ2v) is 5.50. The molecule has 19 heavy (non-hydrogen) atoms. The first kappa shape index (κ1) is 15.8. The summed E-state index contributed by atoms with van der Waals surface area (Å²) in [6.07, 6.45) is 2.25. The van der Waals surface area contributed by atoms with Gasteiger partial charge < -0.3 is 10.6 Å². The molecular formula is C15H23ClN2O. The average Bonchev–Trinajstić information content (AvgIpc) is 2.39. The maximum Gasteiger partial charge on any atom is 0.253 e. The number of piperidine rings is 1. The Labute approximate surface area is 121 Å². The molecule has 1 amide bonds. The summed E-state index contributed by atoms with van der Waals surface area (Å²) in [5, 5.41) is 0. The van der Waals surface area contributed by atoms with Crippen LogP contribution in [0.3, 0.4) is 0 Å². The quantitative estimate of drug-likeness (QED) is 0.847. The Bertz CT molecular complexity index is 409. The van der Waals surface area contributed by atoms with Crippen molar-refractivity contribution in [2.45, 2.75) is 26.7 Å². The Morgan fingerprint density at radius 3 is 2.21 bits per heavy atom. The predicted octanol–water partition coefficient (Wildman–Crippen LogP) is 3.20. The number of halogens is 1. The summed E-state index contributed by atoms with van der Waals surface area (Å²) in [7, 11) is 0. The second-order valence-electron chi connectivity index (χ2n) is 5.50. The molecule has 1 heterocycles. The minimum Gasteiger partial charge on any atom is -0.399 e. The zero-order valence-corrected chi connectivity index (χ0v) is 12.5. The number of nitrogen functional groups attached to an aromatic ring is 1. The Kier molecular flexibility index (Phi) is 5.67. The Balaban J connectivity index is 0.00000180. The fraction of sp³-hybridized carbons (Fsp3) is 0.533. The number of benzene rings is 1. The number of rotatable bonds is 2. The van der Waals surface area contributed by atoms with Crippen LogP contribution in [0.2, 0.25) is 0 Å². The summed E-state index contributed by atoms with van der Waals surface area (Å²) in [6.45, 7) is 6.29. The standard InChI is InChI=1S/C15H22N2O.ClH/c1-11(2)12-7-9-17(10-8-12)15(18)13-3-5-14(16)6-4-13;/h3-6,11-12H,7-10,16H2,1-2H3;1H. The SMILES string of the molecule is CC(C)C1CCN(C(=O)c2ccc(N)cc2)CC1.Cl. The van der Waals surface area contributed by atoms with E-state index in [0.717, 1.165) is 43.3 Å². The molecule has 1 saturated heterocycles. The zero-order valence-electron chi connectivity index (χ0n) is 11.6. The van der Waals surface area contributed by atoms with Crippen LogP contribution in [-0.2, 0) is 0 Å². The molecule has 1 aromatic rings. The van der Waals surface area contributed by atoms with Crippen LogP contribution in [0, 0.1) is 11.8 Å². The van der Waals surface area contributed by atoms with Crippen molar-refractivity contribution in [1.82, 2.24) is 4.90 Å². The number of amides is 1. The molecule has 0 atom stereocenters. The van der Waals surface area contributed by atoms with Crippen LogP contribution in [0.4, 0.5) is 5.69 Å². The molecule has 0 unspecified atom stereocenters. The third-order valence-corrected chi connectivity index (χ3v) is 3.93. The summed E-state index contributed by atoms with van der Waals surface area (Å²) in [5.74, 6) is 1.62. The summed E-state index contributed by atoms with van der Waals surface area (Å²) < 4.78 is 0. The monoisotopic (exact) mass is 282 g/mol. The summed E-state index contributed by atoms with van der Waals surface area (Å²) in [5.41, 5.74) is 7.07. The lowest BCUT2D eigenvalue weighted by atomic mass is 9.86. The molecule has 1 fully saturated rings. The van der Waals surface area contributed by atoms with Crippen LogP contribution in [0.15, 0.2) is 24.3 Å². The average molecular weight is 283 g/mol.